The van der Waals surface area contributed by atoms with Crippen LogP contribution in [0.2, 0.25) is 0 Å². The molecule has 0 spiro atoms. The second kappa shape index (κ2) is 21.7. The summed E-state index contributed by atoms with van der Waals surface area (Å²) < 4.78 is 5.35. The number of amides is 6. The van der Waals surface area contributed by atoms with E-state index in [2.05, 4.69) is 31.4 Å². The molecular weight excluding hydrogens is 732 g/mol. The van der Waals surface area contributed by atoms with Crippen molar-refractivity contribution in [3.63, 3.8) is 0 Å². The molecule has 310 valence electrons. The summed E-state index contributed by atoms with van der Waals surface area (Å²) in [5, 5.41) is 26.7. The molecule has 2 aromatic rings. The molecule has 2 atom stereocenters. The quantitative estimate of drug-likeness (QED) is 0.104. The standard InChI is InChI=1S/C41H58N8O8/c1-5-19-41(3,4)57-40(56)46-33(38(53)54)11-6-7-20-43-34(50)12-10-13-35(51)44-21-8-9-23-49-36(52)24-28(2)37(47-49)29-14-16-32(17-15-29)45-39(55)48-26-30-18-22-42-25-31(30)27-48/h14-18,22,25,28,33H,5-13,19-21,23-24,26-27H2,1-4H3,(H,43,50)(H,44,51)(H,45,55)(H,46,56)(H,53,54)/t28?,33-/m0/s1. The van der Waals surface area contributed by atoms with E-state index in [1.807, 2.05) is 44.2 Å². The molecule has 57 heavy (non-hydrogen) atoms. The summed E-state index contributed by atoms with van der Waals surface area (Å²) in [7, 11) is 0. The molecule has 1 aromatic heterocycles. The van der Waals surface area contributed by atoms with Crippen LogP contribution >= 0.6 is 0 Å². The van der Waals surface area contributed by atoms with Gasteiger partial charge in [-0.2, -0.15) is 5.10 Å². The fraction of sp³-hybridized carbons (Fsp3) is 0.561. The second-order valence-electron chi connectivity index (χ2n) is 15.3. The molecule has 2 aliphatic rings. The topological polar surface area (TPSA) is 212 Å². The van der Waals surface area contributed by atoms with Crippen molar-refractivity contribution in [2.24, 2.45) is 11.0 Å². The lowest BCUT2D eigenvalue weighted by atomic mass is 9.93. The van der Waals surface area contributed by atoms with Crippen LogP contribution < -0.4 is 21.3 Å². The number of alkyl carbamates (subject to hydrolysis) is 1. The van der Waals surface area contributed by atoms with Gasteiger partial charge in [0, 0.05) is 76.0 Å². The first kappa shape index (κ1) is 44.2. The number of nitrogens with one attached hydrogen (secondary N) is 4. The van der Waals surface area contributed by atoms with Crippen LogP contribution in [-0.4, -0.2) is 92.8 Å². The van der Waals surface area contributed by atoms with Gasteiger partial charge in [-0.15, -0.1) is 0 Å². The van der Waals surface area contributed by atoms with Crippen LogP contribution in [0.15, 0.2) is 47.8 Å². The highest BCUT2D eigenvalue weighted by Gasteiger charge is 2.28. The van der Waals surface area contributed by atoms with Crippen molar-refractivity contribution in [2.45, 2.75) is 123 Å². The van der Waals surface area contributed by atoms with Crippen molar-refractivity contribution in [3.05, 3.63) is 59.4 Å². The SMILES string of the molecule is CCCC(C)(C)OC(=O)N[C@@H](CCCCNC(=O)CCCC(=O)NCCCCN1N=C(c2ccc(NC(=O)N3Cc4ccncc4C3)cc2)C(C)CC1=O)C(=O)O. The minimum absolute atomic E-state index is 0.0512. The Bertz CT molecular complexity index is 1720. The fourth-order valence-electron chi connectivity index (χ4n) is 6.79. The number of ether oxygens (including phenoxy) is 1. The van der Waals surface area contributed by atoms with Crippen LogP contribution in [0, 0.1) is 5.92 Å². The number of pyridine rings is 1. The number of unbranched alkanes of at least 4 members (excludes halogenated alkanes) is 2. The van der Waals surface area contributed by atoms with E-state index >= 15 is 0 Å². The zero-order chi connectivity index (χ0) is 41.4. The maximum absolute atomic E-state index is 12.9. The molecule has 16 heteroatoms. The number of nitrogens with zero attached hydrogens (tertiary/aromatic N) is 4. The summed E-state index contributed by atoms with van der Waals surface area (Å²) in [6.07, 6.45) is 7.84. The summed E-state index contributed by atoms with van der Waals surface area (Å²) in [5.41, 5.74) is 3.80. The van der Waals surface area contributed by atoms with E-state index in [1.165, 1.54) is 5.01 Å². The third-order valence-electron chi connectivity index (χ3n) is 9.89. The van der Waals surface area contributed by atoms with Crippen LogP contribution in [0.4, 0.5) is 15.3 Å². The lowest BCUT2D eigenvalue weighted by Gasteiger charge is -2.28. The van der Waals surface area contributed by atoms with Gasteiger partial charge >= 0.3 is 18.1 Å². The largest absolute Gasteiger partial charge is 0.480 e. The summed E-state index contributed by atoms with van der Waals surface area (Å²) in [5.74, 6) is -1.61. The Hall–Kier alpha value is -5.54. The van der Waals surface area contributed by atoms with E-state index in [0.29, 0.717) is 83.4 Å². The Morgan fingerprint density at radius 3 is 2.25 bits per heavy atom. The molecule has 0 aliphatic carbocycles. The number of hydrogen-bond donors (Lipinski definition) is 5. The predicted molar refractivity (Wildman–Crippen MR) is 214 cm³/mol. The maximum atomic E-state index is 12.9. The highest BCUT2D eigenvalue weighted by atomic mass is 16.6. The first-order valence-electron chi connectivity index (χ1n) is 20.0. The van der Waals surface area contributed by atoms with Gasteiger partial charge in [0.15, 0.2) is 0 Å². The highest BCUT2D eigenvalue weighted by Crippen LogP contribution is 2.25. The van der Waals surface area contributed by atoms with Gasteiger partial charge in [-0.1, -0.05) is 32.4 Å². The molecule has 0 fully saturated rings. The lowest BCUT2D eigenvalue weighted by Crippen LogP contribution is -2.44. The molecule has 0 saturated heterocycles. The average molecular weight is 791 g/mol. The number of fused-ring (bicyclic) bond motifs is 1. The molecule has 3 heterocycles. The first-order chi connectivity index (χ1) is 27.2. The summed E-state index contributed by atoms with van der Waals surface area (Å²) in [6, 6.07) is 8.13. The van der Waals surface area contributed by atoms with Crippen molar-refractivity contribution in [1.82, 2.24) is 30.8 Å². The van der Waals surface area contributed by atoms with Gasteiger partial charge in [0.2, 0.25) is 17.7 Å². The molecule has 4 rings (SSSR count). The van der Waals surface area contributed by atoms with Gasteiger partial charge in [-0.05, 0) is 93.7 Å². The highest BCUT2D eigenvalue weighted by molar-refractivity contribution is 6.06. The third-order valence-corrected chi connectivity index (χ3v) is 9.89. The zero-order valence-electron chi connectivity index (χ0n) is 33.6. The van der Waals surface area contributed by atoms with Crippen LogP contribution in [0.1, 0.15) is 115 Å². The minimum atomic E-state index is -1.15. The van der Waals surface area contributed by atoms with Crippen molar-refractivity contribution in [3.8, 4) is 0 Å². The number of carboxylic acids is 1. The molecule has 2 aliphatic heterocycles. The third kappa shape index (κ3) is 14.5. The van der Waals surface area contributed by atoms with Gasteiger partial charge in [0.1, 0.15) is 11.6 Å². The minimum Gasteiger partial charge on any atom is -0.480 e. The van der Waals surface area contributed by atoms with Crippen molar-refractivity contribution >= 4 is 47.2 Å². The average Bonchev–Trinajstić information content (AvgIpc) is 3.60. The molecule has 1 aromatic carbocycles. The zero-order valence-corrected chi connectivity index (χ0v) is 33.6. The number of rotatable bonds is 21. The Labute approximate surface area is 334 Å². The molecule has 6 amide bonds. The van der Waals surface area contributed by atoms with E-state index in [1.54, 1.807) is 31.1 Å². The van der Waals surface area contributed by atoms with E-state index in [9.17, 15) is 33.9 Å². The van der Waals surface area contributed by atoms with Gasteiger partial charge in [0.05, 0.1) is 5.71 Å². The van der Waals surface area contributed by atoms with Crippen LogP contribution in [0.5, 0.6) is 0 Å². The summed E-state index contributed by atoms with van der Waals surface area (Å²) >= 11 is 0. The van der Waals surface area contributed by atoms with Gasteiger partial charge in [-0.3, -0.25) is 19.4 Å². The molecule has 1 unspecified atom stereocenters. The fourth-order valence-corrected chi connectivity index (χ4v) is 6.79. The molecule has 5 N–H and O–H groups in total. The van der Waals surface area contributed by atoms with E-state index < -0.39 is 23.7 Å². The summed E-state index contributed by atoms with van der Waals surface area (Å²) in [4.78, 5) is 79.8. The van der Waals surface area contributed by atoms with E-state index in [4.69, 9.17) is 4.74 Å². The Kier molecular flexibility index (Phi) is 16.8. The number of hydrogen-bond acceptors (Lipinski definition) is 9. The number of carbonyl (C=O) groups is 6. The number of aliphatic carboxylic acids is 1. The normalized spacial score (nSPS) is 15.6. The number of benzene rings is 1. The Balaban J connectivity index is 1.07. The molecule has 0 radical (unpaired) electrons. The van der Waals surface area contributed by atoms with Gasteiger partial charge in [0.25, 0.3) is 0 Å². The Morgan fingerprint density at radius 2 is 1.60 bits per heavy atom. The number of anilines is 1. The maximum Gasteiger partial charge on any atom is 0.408 e. The van der Waals surface area contributed by atoms with Crippen LogP contribution in [0.25, 0.3) is 0 Å². The number of carbonyl (C=O) groups excluding carboxylic acids is 5. The van der Waals surface area contributed by atoms with Crippen LogP contribution in [0.3, 0.4) is 0 Å². The first-order valence-corrected chi connectivity index (χ1v) is 20.0. The Morgan fingerprint density at radius 1 is 0.930 bits per heavy atom. The number of aromatic nitrogens is 1. The number of urea groups is 1. The van der Waals surface area contributed by atoms with Gasteiger partial charge < -0.3 is 36.0 Å². The number of carboxylic acid groups (broad SMARTS) is 1. The lowest BCUT2D eigenvalue weighted by molar-refractivity contribution is -0.139. The molecule has 0 bridgehead atoms. The monoisotopic (exact) mass is 790 g/mol. The molecule has 16 nitrogen and oxygen atoms in total. The predicted octanol–water partition coefficient (Wildman–Crippen LogP) is 5.31. The molecular formula is C41H58N8O8. The van der Waals surface area contributed by atoms with Crippen molar-refractivity contribution in [2.75, 3.05) is 25.0 Å². The van der Waals surface area contributed by atoms with Crippen molar-refractivity contribution < 1.29 is 38.6 Å². The summed E-state index contributed by atoms with van der Waals surface area (Å²) in [6.45, 7) is 9.76. The van der Waals surface area contributed by atoms with Crippen molar-refractivity contribution in [1.29, 1.82) is 0 Å². The molecule has 0 saturated carbocycles. The van der Waals surface area contributed by atoms with E-state index in [0.717, 1.165) is 28.8 Å². The number of hydrazone groups is 1. The smallest absolute Gasteiger partial charge is 0.408 e. The second-order valence-corrected chi connectivity index (χ2v) is 15.3. The van der Waals surface area contributed by atoms with Gasteiger partial charge in [-0.25, -0.2) is 19.4 Å². The van der Waals surface area contributed by atoms with Crippen LogP contribution in [-0.2, 0) is 37.0 Å². The van der Waals surface area contributed by atoms with E-state index in [-0.39, 0.29) is 48.9 Å².